The van der Waals surface area contributed by atoms with Gasteiger partial charge in [0.2, 0.25) is 5.75 Å². The number of hydrogen-bond donors (Lipinski definition) is 2. The van der Waals surface area contributed by atoms with Crippen LogP contribution in [0.15, 0.2) is 12.1 Å². The van der Waals surface area contributed by atoms with Gasteiger partial charge in [0.15, 0.2) is 11.5 Å². The van der Waals surface area contributed by atoms with Crippen LogP contribution in [0.3, 0.4) is 0 Å². The Morgan fingerprint density at radius 1 is 1.10 bits per heavy atom. The molecule has 0 spiro atoms. The highest BCUT2D eigenvalue weighted by Gasteiger charge is 2.18. The first-order chi connectivity index (χ1) is 9.57. The Hall–Kier alpha value is -1.60. The minimum absolute atomic E-state index is 0.172. The second kappa shape index (κ2) is 7.86. The number of ether oxygens (including phenoxy) is 3. The van der Waals surface area contributed by atoms with Crippen LogP contribution in [0.25, 0.3) is 0 Å². The van der Waals surface area contributed by atoms with Crippen molar-refractivity contribution in [2.75, 3.05) is 34.4 Å². The lowest BCUT2D eigenvalue weighted by Crippen LogP contribution is -2.31. The third-order valence-electron chi connectivity index (χ3n) is 2.84. The fourth-order valence-electron chi connectivity index (χ4n) is 1.87. The first kappa shape index (κ1) is 16.5. The van der Waals surface area contributed by atoms with Crippen LogP contribution in [0.5, 0.6) is 17.2 Å². The summed E-state index contributed by atoms with van der Waals surface area (Å²) >= 11 is 0. The third kappa shape index (κ3) is 3.94. The van der Waals surface area contributed by atoms with E-state index in [9.17, 15) is 8.78 Å². The van der Waals surface area contributed by atoms with Gasteiger partial charge in [-0.15, -0.1) is 0 Å². The molecule has 0 saturated heterocycles. The normalized spacial score (nSPS) is 12.3. The Kier molecular flexibility index (Phi) is 6.47. The molecule has 0 radical (unpaired) electrons. The predicted molar refractivity (Wildman–Crippen MR) is 71.9 cm³/mol. The molecule has 0 aliphatic rings. The number of nitrogens with one attached hydrogen (secondary N) is 1. The fourth-order valence-corrected chi connectivity index (χ4v) is 1.87. The van der Waals surface area contributed by atoms with Crippen molar-refractivity contribution in [3.8, 4) is 17.2 Å². The van der Waals surface area contributed by atoms with Gasteiger partial charge in [0, 0.05) is 12.6 Å². The predicted octanol–water partition coefficient (Wildman–Crippen LogP) is 1.57. The van der Waals surface area contributed by atoms with E-state index >= 15 is 0 Å². The highest BCUT2D eigenvalue weighted by Crippen LogP contribution is 2.39. The summed E-state index contributed by atoms with van der Waals surface area (Å²) in [6, 6.07) is 2.96. The van der Waals surface area contributed by atoms with Crippen molar-refractivity contribution >= 4 is 0 Å². The number of methoxy groups -OCH3 is 3. The molecule has 1 unspecified atom stereocenters. The van der Waals surface area contributed by atoms with E-state index in [1.54, 1.807) is 12.1 Å². The Balaban J connectivity index is 3.09. The first-order valence-electron chi connectivity index (χ1n) is 6.08. The molecule has 0 saturated carbocycles. The molecule has 0 bridgehead atoms. The molecule has 1 rings (SSSR count). The molecule has 1 aromatic carbocycles. The molecule has 1 aromatic rings. The summed E-state index contributed by atoms with van der Waals surface area (Å²) in [5.74, 6) is 1.36. The monoisotopic (exact) mass is 290 g/mol. The van der Waals surface area contributed by atoms with E-state index in [0.29, 0.717) is 22.8 Å². The molecule has 0 amide bonds. The van der Waals surface area contributed by atoms with Crippen molar-refractivity contribution in [3.05, 3.63) is 17.7 Å². The maximum atomic E-state index is 12.3. The van der Waals surface area contributed by atoms with Crippen molar-refractivity contribution < 1.29 is 23.0 Å². The summed E-state index contributed by atoms with van der Waals surface area (Å²) < 4.78 is 40.2. The van der Waals surface area contributed by atoms with E-state index in [1.165, 1.54) is 21.3 Å². The summed E-state index contributed by atoms with van der Waals surface area (Å²) in [6.45, 7) is -0.260. The lowest BCUT2D eigenvalue weighted by Gasteiger charge is -2.20. The number of alkyl halides is 2. The number of nitrogens with two attached hydrogens (primary N) is 1. The molecule has 7 heteroatoms. The van der Waals surface area contributed by atoms with Crippen LogP contribution in [0.4, 0.5) is 8.78 Å². The zero-order chi connectivity index (χ0) is 15.1. The van der Waals surface area contributed by atoms with Crippen LogP contribution in [-0.2, 0) is 0 Å². The minimum atomic E-state index is -2.44. The highest BCUT2D eigenvalue weighted by atomic mass is 19.3. The van der Waals surface area contributed by atoms with Crippen LogP contribution in [0.1, 0.15) is 11.6 Å². The second-order valence-electron chi connectivity index (χ2n) is 4.05. The van der Waals surface area contributed by atoms with Gasteiger partial charge in [-0.3, -0.25) is 0 Å². The van der Waals surface area contributed by atoms with Crippen LogP contribution in [0, 0.1) is 0 Å². The average Bonchev–Trinajstić information content (AvgIpc) is 2.46. The molecule has 114 valence electrons. The Morgan fingerprint density at radius 2 is 1.65 bits per heavy atom. The number of rotatable bonds is 8. The van der Waals surface area contributed by atoms with E-state index in [1.807, 2.05) is 0 Å². The zero-order valence-electron chi connectivity index (χ0n) is 11.8. The van der Waals surface area contributed by atoms with Crippen LogP contribution in [0.2, 0.25) is 0 Å². The molecular weight excluding hydrogens is 270 g/mol. The molecule has 0 fully saturated rings. The lowest BCUT2D eigenvalue weighted by atomic mass is 10.1. The minimum Gasteiger partial charge on any atom is -0.493 e. The standard InChI is InChI=1S/C13H20F2N2O3/c1-18-10-4-8(5-11(19-2)13(10)20-3)9(6-16)17-7-12(14)15/h4-5,9,12,17H,6-7,16H2,1-3H3. The van der Waals surface area contributed by atoms with E-state index in [0.717, 1.165) is 0 Å². The molecule has 0 aliphatic carbocycles. The van der Waals surface area contributed by atoms with Crippen molar-refractivity contribution in [1.29, 1.82) is 0 Å². The maximum absolute atomic E-state index is 12.3. The molecule has 0 aliphatic heterocycles. The third-order valence-corrected chi connectivity index (χ3v) is 2.84. The van der Waals surface area contributed by atoms with Crippen molar-refractivity contribution in [3.63, 3.8) is 0 Å². The van der Waals surface area contributed by atoms with Crippen LogP contribution >= 0.6 is 0 Å². The van der Waals surface area contributed by atoms with Gasteiger partial charge in [0.1, 0.15) is 0 Å². The summed E-state index contributed by atoms with van der Waals surface area (Å²) in [7, 11) is 4.48. The van der Waals surface area contributed by atoms with Gasteiger partial charge >= 0.3 is 0 Å². The lowest BCUT2D eigenvalue weighted by molar-refractivity contribution is 0.141. The van der Waals surface area contributed by atoms with Crippen LogP contribution in [-0.4, -0.2) is 40.8 Å². The van der Waals surface area contributed by atoms with E-state index < -0.39 is 19.0 Å². The van der Waals surface area contributed by atoms with E-state index in [-0.39, 0.29) is 6.54 Å². The SMILES string of the molecule is COc1cc(C(CN)NCC(F)F)cc(OC)c1OC. The molecule has 1 atom stereocenters. The van der Waals surface area contributed by atoms with Crippen LogP contribution < -0.4 is 25.3 Å². The largest absolute Gasteiger partial charge is 0.493 e. The van der Waals surface area contributed by atoms with Gasteiger partial charge in [-0.2, -0.15) is 0 Å². The Bertz CT molecular complexity index is 405. The molecule has 0 heterocycles. The molecular formula is C13H20F2N2O3. The van der Waals surface area contributed by atoms with Crippen molar-refractivity contribution in [2.24, 2.45) is 5.73 Å². The zero-order valence-corrected chi connectivity index (χ0v) is 11.8. The topological polar surface area (TPSA) is 65.7 Å². The van der Waals surface area contributed by atoms with Gasteiger partial charge in [-0.1, -0.05) is 0 Å². The van der Waals surface area contributed by atoms with E-state index in [2.05, 4.69) is 5.32 Å². The second-order valence-corrected chi connectivity index (χ2v) is 4.05. The number of hydrogen-bond acceptors (Lipinski definition) is 5. The Morgan fingerprint density at radius 3 is 2.00 bits per heavy atom. The van der Waals surface area contributed by atoms with Gasteiger partial charge in [0.05, 0.1) is 27.9 Å². The molecule has 5 nitrogen and oxygen atoms in total. The van der Waals surface area contributed by atoms with Crippen molar-refractivity contribution in [1.82, 2.24) is 5.32 Å². The smallest absolute Gasteiger partial charge is 0.250 e. The number of halogens is 2. The quantitative estimate of drug-likeness (QED) is 0.761. The highest BCUT2D eigenvalue weighted by molar-refractivity contribution is 5.54. The van der Waals surface area contributed by atoms with Gasteiger partial charge < -0.3 is 25.3 Å². The summed E-state index contributed by atoms with van der Waals surface area (Å²) in [5, 5.41) is 2.70. The molecule has 0 aromatic heterocycles. The Labute approximate surface area is 117 Å². The first-order valence-corrected chi connectivity index (χ1v) is 6.08. The van der Waals surface area contributed by atoms with E-state index in [4.69, 9.17) is 19.9 Å². The van der Waals surface area contributed by atoms with Gasteiger partial charge in [-0.25, -0.2) is 8.78 Å². The number of benzene rings is 1. The summed E-state index contributed by atoms with van der Waals surface area (Å²) in [4.78, 5) is 0. The fraction of sp³-hybridized carbons (Fsp3) is 0.538. The summed E-state index contributed by atoms with van der Waals surface area (Å²) in [6.07, 6.45) is -2.44. The average molecular weight is 290 g/mol. The molecule has 3 N–H and O–H groups in total. The molecule has 20 heavy (non-hydrogen) atoms. The summed E-state index contributed by atoms with van der Waals surface area (Å²) in [5.41, 5.74) is 6.32. The van der Waals surface area contributed by atoms with Crippen molar-refractivity contribution in [2.45, 2.75) is 12.5 Å². The maximum Gasteiger partial charge on any atom is 0.250 e. The van der Waals surface area contributed by atoms with Gasteiger partial charge in [0.25, 0.3) is 6.43 Å². The van der Waals surface area contributed by atoms with Gasteiger partial charge in [-0.05, 0) is 17.7 Å².